The summed E-state index contributed by atoms with van der Waals surface area (Å²) in [6, 6.07) is 4.24. The molecular formula is C16H24N4. The second-order valence-corrected chi connectivity index (χ2v) is 6.09. The monoisotopic (exact) mass is 272 g/mol. The van der Waals surface area contributed by atoms with E-state index in [1.54, 1.807) is 0 Å². The van der Waals surface area contributed by atoms with Crippen LogP contribution in [0.5, 0.6) is 0 Å². The highest BCUT2D eigenvalue weighted by Gasteiger charge is 2.08. The van der Waals surface area contributed by atoms with Gasteiger partial charge >= 0.3 is 0 Å². The van der Waals surface area contributed by atoms with E-state index in [0.717, 1.165) is 31.0 Å². The fourth-order valence-corrected chi connectivity index (χ4v) is 1.99. The van der Waals surface area contributed by atoms with E-state index in [9.17, 15) is 0 Å². The van der Waals surface area contributed by atoms with Crippen molar-refractivity contribution >= 4 is 0 Å². The number of aromatic nitrogens is 3. The molecule has 1 N–H and O–H groups in total. The normalized spacial score (nSPS) is 11.8. The maximum Gasteiger partial charge on any atom is 0.108 e. The first kappa shape index (κ1) is 14.7. The summed E-state index contributed by atoms with van der Waals surface area (Å²) in [4.78, 5) is 8.87. The van der Waals surface area contributed by atoms with Crippen LogP contribution in [-0.2, 0) is 19.5 Å². The molecule has 0 saturated carbocycles. The molecule has 0 spiro atoms. The van der Waals surface area contributed by atoms with E-state index in [4.69, 9.17) is 0 Å². The van der Waals surface area contributed by atoms with Crippen LogP contribution in [0.1, 0.15) is 44.8 Å². The maximum atomic E-state index is 4.54. The number of hydrogen-bond donors (Lipinski definition) is 1. The van der Waals surface area contributed by atoms with Gasteiger partial charge in [0.15, 0.2) is 0 Å². The molecule has 2 rings (SSSR count). The summed E-state index contributed by atoms with van der Waals surface area (Å²) in [6.45, 7) is 10.3. The van der Waals surface area contributed by atoms with E-state index in [2.05, 4.69) is 59.7 Å². The van der Waals surface area contributed by atoms with Gasteiger partial charge in [0.1, 0.15) is 5.82 Å². The molecule has 0 aliphatic carbocycles. The average molecular weight is 272 g/mol. The molecule has 108 valence electrons. The lowest BCUT2D eigenvalue weighted by Gasteiger charge is -2.20. The first-order valence-corrected chi connectivity index (χ1v) is 7.17. The molecule has 0 saturated heterocycles. The van der Waals surface area contributed by atoms with Crippen LogP contribution in [0, 0.1) is 0 Å². The molecule has 0 radical (unpaired) electrons. The third-order valence-electron chi connectivity index (χ3n) is 3.16. The molecule has 2 aromatic rings. The molecule has 0 unspecified atom stereocenters. The van der Waals surface area contributed by atoms with Gasteiger partial charge in [-0.05, 0) is 32.4 Å². The van der Waals surface area contributed by atoms with Crippen molar-refractivity contribution in [3.05, 3.63) is 47.8 Å². The number of nitrogens with zero attached hydrogens (tertiary/aromatic N) is 3. The summed E-state index contributed by atoms with van der Waals surface area (Å²) in [5, 5.41) is 3.47. The van der Waals surface area contributed by atoms with E-state index in [1.807, 2.05) is 18.6 Å². The summed E-state index contributed by atoms with van der Waals surface area (Å²) >= 11 is 0. The van der Waals surface area contributed by atoms with Crippen LogP contribution in [0.2, 0.25) is 0 Å². The predicted octanol–water partition coefficient (Wildman–Crippen LogP) is 2.78. The molecule has 0 aliphatic heterocycles. The highest BCUT2D eigenvalue weighted by Crippen LogP contribution is 2.07. The fourth-order valence-electron chi connectivity index (χ4n) is 1.99. The SMILES string of the molecule is CCc1nccn1Cc1ccc(CNC(C)(C)C)cn1. The van der Waals surface area contributed by atoms with Gasteiger partial charge in [-0.3, -0.25) is 4.98 Å². The predicted molar refractivity (Wildman–Crippen MR) is 81.5 cm³/mol. The van der Waals surface area contributed by atoms with Crippen molar-refractivity contribution in [2.75, 3.05) is 0 Å². The largest absolute Gasteiger partial charge is 0.329 e. The third kappa shape index (κ3) is 4.17. The standard InChI is InChI=1S/C16H24N4/c1-5-15-17-8-9-20(15)12-14-7-6-13(10-18-14)11-19-16(2,3)4/h6-10,19H,5,11-12H2,1-4H3. The summed E-state index contributed by atoms with van der Waals surface area (Å²) in [5.74, 6) is 1.10. The van der Waals surface area contributed by atoms with Gasteiger partial charge in [-0.25, -0.2) is 4.98 Å². The molecule has 0 amide bonds. The topological polar surface area (TPSA) is 42.7 Å². The van der Waals surface area contributed by atoms with E-state index >= 15 is 0 Å². The van der Waals surface area contributed by atoms with Crippen LogP contribution in [0.4, 0.5) is 0 Å². The molecule has 20 heavy (non-hydrogen) atoms. The smallest absolute Gasteiger partial charge is 0.108 e. The first-order valence-electron chi connectivity index (χ1n) is 7.17. The molecule has 4 heteroatoms. The summed E-state index contributed by atoms with van der Waals surface area (Å²) in [5.41, 5.74) is 2.41. The van der Waals surface area contributed by atoms with Gasteiger partial charge in [-0.2, -0.15) is 0 Å². The molecule has 0 fully saturated rings. The lowest BCUT2D eigenvalue weighted by Crippen LogP contribution is -2.35. The number of hydrogen-bond acceptors (Lipinski definition) is 3. The van der Waals surface area contributed by atoms with Gasteiger partial charge < -0.3 is 9.88 Å². The molecule has 2 heterocycles. The highest BCUT2D eigenvalue weighted by molar-refractivity contribution is 5.15. The zero-order valence-corrected chi connectivity index (χ0v) is 12.8. The fraction of sp³-hybridized carbons (Fsp3) is 0.500. The Hall–Kier alpha value is -1.68. The molecule has 0 bridgehead atoms. The lowest BCUT2D eigenvalue weighted by atomic mass is 10.1. The van der Waals surface area contributed by atoms with Crippen LogP contribution >= 0.6 is 0 Å². The van der Waals surface area contributed by atoms with Crippen molar-refractivity contribution in [3.8, 4) is 0 Å². The minimum Gasteiger partial charge on any atom is -0.329 e. The van der Waals surface area contributed by atoms with E-state index in [1.165, 1.54) is 5.56 Å². The number of pyridine rings is 1. The number of aryl methyl sites for hydroxylation is 1. The van der Waals surface area contributed by atoms with Gasteiger partial charge in [0.2, 0.25) is 0 Å². The summed E-state index contributed by atoms with van der Waals surface area (Å²) in [6.07, 6.45) is 6.76. The van der Waals surface area contributed by atoms with Crippen molar-refractivity contribution < 1.29 is 0 Å². The Morgan fingerprint density at radius 3 is 2.60 bits per heavy atom. The van der Waals surface area contributed by atoms with Gasteiger partial charge in [0.25, 0.3) is 0 Å². The zero-order chi connectivity index (χ0) is 14.6. The van der Waals surface area contributed by atoms with Gasteiger partial charge in [-0.1, -0.05) is 13.0 Å². The molecule has 2 aromatic heterocycles. The van der Waals surface area contributed by atoms with Crippen molar-refractivity contribution in [2.45, 2.75) is 52.7 Å². The molecule has 4 nitrogen and oxygen atoms in total. The van der Waals surface area contributed by atoms with Crippen molar-refractivity contribution in [2.24, 2.45) is 0 Å². The second kappa shape index (κ2) is 6.18. The average Bonchev–Trinajstić information content (AvgIpc) is 2.84. The van der Waals surface area contributed by atoms with E-state index < -0.39 is 0 Å². The van der Waals surface area contributed by atoms with E-state index in [-0.39, 0.29) is 5.54 Å². The molecule has 0 aromatic carbocycles. The van der Waals surface area contributed by atoms with Crippen LogP contribution < -0.4 is 5.32 Å². The minimum absolute atomic E-state index is 0.130. The maximum absolute atomic E-state index is 4.54. The van der Waals surface area contributed by atoms with Crippen molar-refractivity contribution in [1.82, 2.24) is 19.9 Å². The molecular weight excluding hydrogens is 248 g/mol. The van der Waals surface area contributed by atoms with E-state index in [0.29, 0.717) is 0 Å². The Morgan fingerprint density at radius 2 is 2.00 bits per heavy atom. The van der Waals surface area contributed by atoms with Crippen LogP contribution in [0.3, 0.4) is 0 Å². The first-order chi connectivity index (χ1) is 9.48. The molecule has 0 aliphatic rings. The van der Waals surface area contributed by atoms with Gasteiger partial charge in [0.05, 0.1) is 12.2 Å². The second-order valence-electron chi connectivity index (χ2n) is 6.09. The highest BCUT2D eigenvalue weighted by atomic mass is 15.1. The van der Waals surface area contributed by atoms with Crippen molar-refractivity contribution in [3.63, 3.8) is 0 Å². The summed E-state index contributed by atoms with van der Waals surface area (Å²) in [7, 11) is 0. The Labute approximate surface area is 121 Å². The van der Waals surface area contributed by atoms with Crippen molar-refractivity contribution in [1.29, 1.82) is 0 Å². The zero-order valence-electron chi connectivity index (χ0n) is 12.8. The Balaban J connectivity index is 1.98. The quantitative estimate of drug-likeness (QED) is 0.910. The summed E-state index contributed by atoms with van der Waals surface area (Å²) < 4.78 is 2.15. The van der Waals surface area contributed by atoms with Crippen LogP contribution in [-0.4, -0.2) is 20.1 Å². The Bertz CT molecular complexity index is 534. The third-order valence-corrected chi connectivity index (χ3v) is 3.16. The Kier molecular flexibility index (Phi) is 4.55. The lowest BCUT2D eigenvalue weighted by molar-refractivity contribution is 0.424. The van der Waals surface area contributed by atoms with Crippen LogP contribution in [0.15, 0.2) is 30.7 Å². The molecule has 0 atom stereocenters. The van der Waals surface area contributed by atoms with Gasteiger partial charge in [-0.15, -0.1) is 0 Å². The number of nitrogens with one attached hydrogen (secondary N) is 1. The van der Waals surface area contributed by atoms with Gasteiger partial charge in [0, 0.05) is 37.1 Å². The number of imidazole rings is 1. The Morgan fingerprint density at radius 1 is 1.20 bits per heavy atom. The van der Waals surface area contributed by atoms with Crippen LogP contribution in [0.25, 0.3) is 0 Å². The minimum atomic E-state index is 0.130. The number of rotatable bonds is 5.